The molecular formula is C28H23NO2S. The van der Waals surface area contributed by atoms with E-state index in [4.69, 9.17) is 0 Å². The van der Waals surface area contributed by atoms with Crippen molar-refractivity contribution in [3.63, 3.8) is 0 Å². The third-order valence-electron chi connectivity index (χ3n) is 5.11. The Bertz CT molecular complexity index is 1200. The lowest BCUT2D eigenvalue weighted by molar-refractivity contribution is -0.117. The van der Waals surface area contributed by atoms with Crippen molar-refractivity contribution in [1.29, 1.82) is 0 Å². The third-order valence-corrected chi connectivity index (χ3v) is 5.93. The molecule has 3 aromatic carbocycles. The minimum atomic E-state index is -0.225. The molecule has 4 heteroatoms. The molecule has 3 nitrogen and oxygen atoms in total. The average Bonchev–Trinajstić information content (AvgIpc) is 3.36. The minimum absolute atomic E-state index is 0.0448. The first-order chi connectivity index (χ1) is 15.7. The highest BCUT2D eigenvalue weighted by atomic mass is 32.1. The highest BCUT2D eigenvalue weighted by Gasteiger charge is 2.16. The van der Waals surface area contributed by atoms with Crippen molar-refractivity contribution >= 4 is 29.1 Å². The van der Waals surface area contributed by atoms with Gasteiger partial charge in [0.05, 0.1) is 0 Å². The number of hydrogen-bond donors (Lipinski definition) is 1. The Labute approximate surface area is 192 Å². The summed E-state index contributed by atoms with van der Waals surface area (Å²) in [6.45, 7) is 0.418. The smallest absolute Gasteiger partial charge is 0.247 e. The van der Waals surface area contributed by atoms with Gasteiger partial charge in [-0.15, -0.1) is 11.3 Å². The first-order valence-corrected chi connectivity index (χ1v) is 11.3. The molecule has 1 heterocycles. The summed E-state index contributed by atoms with van der Waals surface area (Å²) in [7, 11) is 0. The summed E-state index contributed by atoms with van der Waals surface area (Å²) in [5.74, 6) is -0.307. The van der Waals surface area contributed by atoms with Crippen LogP contribution in [0, 0.1) is 0 Å². The molecule has 0 aliphatic heterocycles. The summed E-state index contributed by atoms with van der Waals surface area (Å²) in [6, 6.07) is 31.2. The molecule has 0 bridgehead atoms. The monoisotopic (exact) mass is 437 g/mol. The van der Waals surface area contributed by atoms with Gasteiger partial charge in [0.25, 0.3) is 0 Å². The lowest BCUT2D eigenvalue weighted by Crippen LogP contribution is -2.25. The molecule has 0 spiro atoms. The van der Waals surface area contributed by atoms with Crippen LogP contribution in [0.25, 0.3) is 17.2 Å². The predicted octanol–water partition coefficient (Wildman–Crippen LogP) is 6.39. The molecular weight excluding hydrogens is 414 g/mol. The molecule has 0 aliphatic carbocycles. The molecule has 1 aromatic heterocycles. The number of thiophene rings is 1. The Morgan fingerprint density at radius 3 is 2.06 bits per heavy atom. The first kappa shape index (κ1) is 21.5. The molecule has 0 atom stereocenters. The highest BCUT2D eigenvalue weighted by molar-refractivity contribution is 7.10. The maximum Gasteiger partial charge on any atom is 0.247 e. The molecule has 0 aliphatic rings. The summed E-state index contributed by atoms with van der Waals surface area (Å²) >= 11 is 1.54. The largest absolute Gasteiger partial charge is 0.348 e. The number of hydrogen-bond acceptors (Lipinski definition) is 3. The van der Waals surface area contributed by atoms with E-state index in [1.807, 2.05) is 102 Å². The fourth-order valence-electron chi connectivity index (χ4n) is 3.39. The van der Waals surface area contributed by atoms with E-state index in [1.54, 1.807) is 6.08 Å². The third kappa shape index (κ3) is 5.68. The number of carbonyl (C=O) groups excluding carboxylic acids is 2. The van der Waals surface area contributed by atoms with Crippen LogP contribution in [0.15, 0.2) is 108 Å². The second-order valence-electron chi connectivity index (χ2n) is 7.40. The number of ketones is 1. The van der Waals surface area contributed by atoms with Crippen molar-refractivity contribution in [2.45, 2.75) is 13.0 Å². The molecule has 0 radical (unpaired) electrons. The van der Waals surface area contributed by atoms with Crippen molar-refractivity contribution in [1.82, 2.24) is 5.32 Å². The topological polar surface area (TPSA) is 46.2 Å². The SMILES string of the molecule is O=C(NCc1ccccc1)/C(=C/c1cccs1)CC(=O)c1ccc(-c2ccccc2)cc1. The number of nitrogens with one attached hydrogen (secondary N) is 1. The van der Waals surface area contributed by atoms with Crippen LogP contribution in [0.5, 0.6) is 0 Å². The van der Waals surface area contributed by atoms with Gasteiger partial charge in [0.1, 0.15) is 0 Å². The molecule has 0 saturated heterocycles. The van der Waals surface area contributed by atoms with Crippen LogP contribution < -0.4 is 5.32 Å². The van der Waals surface area contributed by atoms with Crippen molar-refractivity contribution in [2.75, 3.05) is 0 Å². The molecule has 32 heavy (non-hydrogen) atoms. The van der Waals surface area contributed by atoms with E-state index < -0.39 is 0 Å². The zero-order valence-electron chi connectivity index (χ0n) is 17.5. The van der Waals surface area contributed by atoms with Crippen molar-refractivity contribution < 1.29 is 9.59 Å². The van der Waals surface area contributed by atoms with Gasteiger partial charge >= 0.3 is 0 Å². The predicted molar refractivity (Wildman–Crippen MR) is 131 cm³/mol. The summed E-state index contributed by atoms with van der Waals surface area (Å²) in [5, 5.41) is 4.90. The van der Waals surface area contributed by atoms with Crippen LogP contribution in [0.4, 0.5) is 0 Å². The van der Waals surface area contributed by atoms with Gasteiger partial charge in [0, 0.05) is 29.0 Å². The van der Waals surface area contributed by atoms with E-state index in [9.17, 15) is 9.59 Å². The van der Waals surface area contributed by atoms with Gasteiger partial charge in [-0.2, -0.15) is 0 Å². The van der Waals surface area contributed by atoms with Crippen molar-refractivity contribution in [2.24, 2.45) is 0 Å². The van der Waals surface area contributed by atoms with Gasteiger partial charge in [-0.05, 0) is 34.2 Å². The first-order valence-electron chi connectivity index (χ1n) is 10.4. The Balaban J connectivity index is 1.49. The lowest BCUT2D eigenvalue weighted by Gasteiger charge is -2.10. The number of benzene rings is 3. The maximum absolute atomic E-state index is 13.0. The van der Waals surface area contributed by atoms with E-state index in [-0.39, 0.29) is 18.1 Å². The fraction of sp³-hybridized carbons (Fsp3) is 0.0714. The molecule has 0 saturated carbocycles. The molecule has 1 N–H and O–H groups in total. The second-order valence-corrected chi connectivity index (χ2v) is 8.38. The number of rotatable bonds is 8. The Morgan fingerprint density at radius 1 is 0.750 bits per heavy atom. The minimum Gasteiger partial charge on any atom is -0.348 e. The van der Waals surface area contributed by atoms with Crippen LogP contribution in [-0.4, -0.2) is 11.7 Å². The number of carbonyl (C=O) groups is 2. The highest BCUT2D eigenvalue weighted by Crippen LogP contribution is 2.22. The van der Waals surface area contributed by atoms with Crippen LogP contribution in [0.1, 0.15) is 27.2 Å². The molecule has 4 rings (SSSR count). The zero-order chi connectivity index (χ0) is 22.2. The standard InChI is InChI=1S/C28H23NO2S/c30-27(24-15-13-23(14-16-24)22-10-5-2-6-11-22)19-25(18-26-12-7-17-32-26)28(31)29-20-21-8-3-1-4-9-21/h1-18H,19-20H2,(H,29,31)/b25-18+. The van der Waals surface area contributed by atoms with Crippen LogP contribution >= 0.6 is 11.3 Å². The maximum atomic E-state index is 13.0. The number of amides is 1. The summed E-state index contributed by atoms with van der Waals surface area (Å²) in [5.41, 5.74) is 4.22. The molecule has 0 unspecified atom stereocenters. The van der Waals surface area contributed by atoms with E-state index >= 15 is 0 Å². The molecule has 1 amide bonds. The van der Waals surface area contributed by atoms with Crippen LogP contribution in [0.2, 0.25) is 0 Å². The van der Waals surface area contributed by atoms with Crippen LogP contribution in [0.3, 0.4) is 0 Å². The fourth-order valence-corrected chi connectivity index (χ4v) is 4.07. The van der Waals surface area contributed by atoms with E-state index in [0.29, 0.717) is 17.7 Å². The Kier molecular flexibility index (Phi) is 7.05. The van der Waals surface area contributed by atoms with Gasteiger partial charge in [0.2, 0.25) is 5.91 Å². The van der Waals surface area contributed by atoms with E-state index in [0.717, 1.165) is 21.6 Å². The zero-order valence-corrected chi connectivity index (χ0v) is 18.3. The van der Waals surface area contributed by atoms with Crippen LogP contribution in [-0.2, 0) is 11.3 Å². The van der Waals surface area contributed by atoms with Crippen molar-refractivity contribution in [3.05, 3.63) is 124 Å². The van der Waals surface area contributed by atoms with E-state index in [1.165, 1.54) is 11.3 Å². The summed E-state index contributed by atoms with van der Waals surface area (Å²) in [4.78, 5) is 26.9. The van der Waals surface area contributed by atoms with Crippen molar-refractivity contribution in [3.8, 4) is 11.1 Å². The van der Waals surface area contributed by atoms with E-state index in [2.05, 4.69) is 5.32 Å². The van der Waals surface area contributed by atoms with Gasteiger partial charge in [0.15, 0.2) is 5.78 Å². The second kappa shape index (κ2) is 10.5. The average molecular weight is 438 g/mol. The summed E-state index contributed by atoms with van der Waals surface area (Å²) in [6.07, 6.45) is 1.85. The molecule has 0 fully saturated rings. The van der Waals surface area contributed by atoms with Gasteiger partial charge in [-0.1, -0.05) is 91.0 Å². The normalized spacial score (nSPS) is 11.2. The lowest BCUT2D eigenvalue weighted by atomic mass is 9.98. The molecule has 4 aromatic rings. The number of Topliss-reactive ketones (excluding diaryl/α,β-unsaturated/α-hetero) is 1. The van der Waals surface area contributed by atoms with Gasteiger partial charge < -0.3 is 5.32 Å². The van der Waals surface area contributed by atoms with Gasteiger partial charge in [-0.3, -0.25) is 9.59 Å². The Hall–Kier alpha value is -3.76. The Morgan fingerprint density at radius 2 is 1.41 bits per heavy atom. The molecule has 158 valence electrons. The van der Waals surface area contributed by atoms with Gasteiger partial charge in [-0.25, -0.2) is 0 Å². The summed E-state index contributed by atoms with van der Waals surface area (Å²) < 4.78 is 0. The quantitative estimate of drug-likeness (QED) is 0.256.